The molecule has 5 heteroatoms. The summed E-state index contributed by atoms with van der Waals surface area (Å²) in [6.45, 7) is 2.31. The van der Waals surface area contributed by atoms with Crippen molar-refractivity contribution >= 4 is 39.9 Å². The first-order valence-electron chi connectivity index (χ1n) is 7.99. The number of carbonyl (C=O) groups excluding carboxylic acids is 2. The van der Waals surface area contributed by atoms with Crippen LogP contribution in [0, 0.1) is 6.92 Å². The zero-order valence-electron chi connectivity index (χ0n) is 13.7. The van der Waals surface area contributed by atoms with Crippen molar-refractivity contribution in [2.24, 2.45) is 0 Å². The molecule has 124 valence electrons. The third-order valence-electron chi connectivity index (χ3n) is 4.24. The zero-order valence-corrected chi connectivity index (χ0v) is 14.5. The summed E-state index contributed by atoms with van der Waals surface area (Å²) in [7, 11) is 0. The smallest absolute Gasteiger partial charge is 0.293 e. The molecule has 1 aliphatic rings. The maximum Gasteiger partial charge on any atom is 0.293 e. The Balaban J connectivity index is 1.61. The number of thioether (sulfide) groups is 1. The second kappa shape index (κ2) is 6.26. The van der Waals surface area contributed by atoms with Gasteiger partial charge in [0.2, 0.25) is 0 Å². The van der Waals surface area contributed by atoms with Gasteiger partial charge in [0, 0.05) is 22.7 Å². The number of hydrogen-bond donors (Lipinski definition) is 1. The first-order chi connectivity index (χ1) is 12.1. The van der Waals surface area contributed by atoms with Crippen LogP contribution < -0.4 is 0 Å². The third-order valence-corrected chi connectivity index (χ3v) is 5.15. The van der Waals surface area contributed by atoms with Gasteiger partial charge < -0.3 is 4.98 Å². The largest absolute Gasteiger partial charge is 0.361 e. The van der Waals surface area contributed by atoms with E-state index in [0.717, 1.165) is 39.4 Å². The molecule has 1 aliphatic heterocycles. The summed E-state index contributed by atoms with van der Waals surface area (Å²) in [6, 6.07) is 15.7. The van der Waals surface area contributed by atoms with E-state index in [1.165, 1.54) is 4.90 Å². The number of amides is 2. The predicted octanol–water partition coefficient (Wildman–Crippen LogP) is 4.71. The summed E-state index contributed by atoms with van der Waals surface area (Å²) in [5.74, 6) is -0.235. The number of nitrogens with one attached hydrogen (secondary N) is 1. The van der Waals surface area contributed by atoms with Gasteiger partial charge in [-0.05, 0) is 36.4 Å². The highest BCUT2D eigenvalue weighted by atomic mass is 32.2. The summed E-state index contributed by atoms with van der Waals surface area (Å²) in [5.41, 5.74) is 4.02. The molecular formula is C20H16N2O2S. The highest BCUT2D eigenvalue weighted by molar-refractivity contribution is 8.18. The molecule has 1 fully saturated rings. The van der Waals surface area contributed by atoms with E-state index >= 15 is 0 Å². The van der Waals surface area contributed by atoms with Gasteiger partial charge in [0.05, 0.1) is 11.4 Å². The molecule has 1 aromatic heterocycles. The Bertz CT molecular complexity index is 1000. The number of benzene rings is 2. The summed E-state index contributed by atoms with van der Waals surface area (Å²) in [5, 5.41) is 0.810. The highest BCUT2D eigenvalue weighted by Gasteiger charge is 2.35. The van der Waals surface area contributed by atoms with Crippen LogP contribution in [0.25, 0.3) is 17.0 Å². The van der Waals surface area contributed by atoms with E-state index < -0.39 is 0 Å². The second-order valence-electron chi connectivity index (χ2n) is 6.04. The SMILES string of the molecule is Cc1ccc(CN2C(=O)SC(=Cc3c[nH]c4ccccc34)C2=O)cc1. The number of para-hydroxylation sites is 1. The molecule has 2 amide bonds. The topological polar surface area (TPSA) is 53.2 Å². The molecule has 2 aromatic carbocycles. The molecule has 0 aliphatic carbocycles. The van der Waals surface area contributed by atoms with Crippen LogP contribution in [0.3, 0.4) is 0 Å². The predicted molar refractivity (Wildman–Crippen MR) is 101 cm³/mol. The number of H-pyrrole nitrogens is 1. The molecule has 25 heavy (non-hydrogen) atoms. The lowest BCUT2D eigenvalue weighted by molar-refractivity contribution is -0.123. The summed E-state index contributed by atoms with van der Waals surface area (Å²) >= 11 is 0.996. The summed E-state index contributed by atoms with van der Waals surface area (Å²) in [6.07, 6.45) is 3.65. The molecule has 0 bridgehead atoms. The maximum absolute atomic E-state index is 12.7. The van der Waals surface area contributed by atoms with E-state index in [4.69, 9.17) is 0 Å². The first kappa shape index (κ1) is 15.7. The third kappa shape index (κ3) is 2.98. The second-order valence-corrected chi connectivity index (χ2v) is 7.04. The van der Waals surface area contributed by atoms with Gasteiger partial charge in [-0.25, -0.2) is 0 Å². The van der Waals surface area contributed by atoms with Crippen molar-refractivity contribution in [3.63, 3.8) is 0 Å². The van der Waals surface area contributed by atoms with Crippen LogP contribution in [0.1, 0.15) is 16.7 Å². The maximum atomic E-state index is 12.7. The number of rotatable bonds is 3. The van der Waals surface area contributed by atoms with Crippen LogP contribution in [0.2, 0.25) is 0 Å². The summed E-state index contributed by atoms with van der Waals surface area (Å²) in [4.78, 5) is 29.9. The van der Waals surface area contributed by atoms with Crippen LogP contribution in [-0.2, 0) is 11.3 Å². The molecule has 2 heterocycles. The molecule has 3 aromatic rings. The van der Waals surface area contributed by atoms with Crippen LogP contribution in [-0.4, -0.2) is 21.0 Å². The van der Waals surface area contributed by atoms with E-state index in [1.54, 1.807) is 6.08 Å². The monoisotopic (exact) mass is 348 g/mol. The fourth-order valence-electron chi connectivity index (χ4n) is 2.87. The average Bonchev–Trinajstić information content (AvgIpc) is 3.14. The lowest BCUT2D eigenvalue weighted by Crippen LogP contribution is -2.27. The van der Waals surface area contributed by atoms with Gasteiger partial charge in [0.1, 0.15) is 0 Å². The Morgan fingerprint density at radius 1 is 1.08 bits per heavy atom. The Morgan fingerprint density at radius 3 is 2.64 bits per heavy atom. The number of aromatic amines is 1. The van der Waals surface area contributed by atoms with E-state index in [-0.39, 0.29) is 11.1 Å². The molecule has 4 rings (SSSR count). The van der Waals surface area contributed by atoms with Gasteiger partial charge in [-0.15, -0.1) is 0 Å². The molecule has 1 N–H and O–H groups in total. The van der Waals surface area contributed by atoms with Crippen LogP contribution in [0.15, 0.2) is 59.6 Å². The van der Waals surface area contributed by atoms with Crippen molar-refractivity contribution in [3.8, 4) is 0 Å². The lowest BCUT2D eigenvalue weighted by atomic mass is 10.1. The number of hydrogen-bond acceptors (Lipinski definition) is 3. The van der Waals surface area contributed by atoms with E-state index in [9.17, 15) is 9.59 Å². The molecule has 0 saturated carbocycles. The van der Waals surface area contributed by atoms with E-state index in [1.807, 2.05) is 61.7 Å². The van der Waals surface area contributed by atoms with Crippen molar-refractivity contribution in [1.82, 2.24) is 9.88 Å². The Morgan fingerprint density at radius 2 is 1.84 bits per heavy atom. The number of aromatic nitrogens is 1. The molecule has 0 radical (unpaired) electrons. The standard InChI is InChI=1S/C20H16N2O2S/c1-13-6-8-14(9-7-13)12-22-19(23)18(25-20(22)24)10-15-11-21-17-5-3-2-4-16(15)17/h2-11,21H,12H2,1H3. The minimum absolute atomic E-state index is 0.225. The number of fused-ring (bicyclic) bond motifs is 1. The molecule has 1 saturated heterocycles. The van der Waals surface area contributed by atoms with Crippen molar-refractivity contribution in [1.29, 1.82) is 0 Å². The van der Waals surface area contributed by atoms with Gasteiger partial charge >= 0.3 is 0 Å². The van der Waals surface area contributed by atoms with Crippen molar-refractivity contribution in [2.45, 2.75) is 13.5 Å². The van der Waals surface area contributed by atoms with Gasteiger partial charge in [0.25, 0.3) is 11.1 Å². The fraction of sp³-hybridized carbons (Fsp3) is 0.100. The number of aryl methyl sites for hydroxylation is 1. The number of imide groups is 1. The number of nitrogens with zero attached hydrogens (tertiary/aromatic N) is 1. The average molecular weight is 348 g/mol. The Hall–Kier alpha value is -2.79. The van der Waals surface area contributed by atoms with Crippen molar-refractivity contribution in [2.75, 3.05) is 0 Å². The van der Waals surface area contributed by atoms with E-state index in [0.29, 0.717) is 11.4 Å². The highest BCUT2D eigenvalue weighted by Crippen LogP contribution is 2.34. The van der Waals surface area contributed by atoms with Gasteiger partial charge in [-0.1, -0.05) is 48.0 Å². The molecule has 0 spiro atoms. The lowest BCUT2D eigenvalue weighted by Gasteiger charge is -2.12. The normalized spacial score (nSPS) is 16.4. The minimum Gasteiger partial charge on any atom is -0.361 e. The van der Waals surface area contributed by atoms with Crippen molar-refractivity contribution in [3.05, 3.63) is 76.3 Å². The fourth-order valence-corrected chi connectivity index (χ4v) is 3.70. The van der Waals surface area contributed by atoms with Gasteiger partial charge in [0.15, 0.2) is 0 Å². The number of carbonyl (C=O) groups is 2. The van der Waals surface area contributed by atoms with E-state index in [2.05, 4.69) is 4.98 Å². The van der Waals surface area contributed by atoms with Gasteiger partial charge in [-0.3, -0.25) is 14.5 Å². The van der Waals surface area contributed by atoms with Crippen LogP contribution >= 0.6 is 11.8 Å². The zero-order chi connectivity index (χ0) is 17.4. The van der Waals surface area contributed by atoms with Crippen LogP contribution in [0.4, 0.5) is 4.79 Å². The Labute approximate surface area is 149 Å². The quantitative estimate of drug-likeness (QED) is 0.697. The Kier molecular flexibility index (Phi) is 3.93. The molecular weight excluding hydrogens is 332 g/mol. The van der Waals surface area contributed by atoms with Crippen molar-refractivity contribution < 1.29 is 9.59 Å². The van der Waals surface area contributed by atoms with Crippen LogP contribution in [0.5, 0.6) is 0 Å². The minimum atomic E-state index is -0.235. The molecule has 0 unspecified atom stereocenters. The first-order valence-corrected chi connectivity index (χ1v) is 8.80. The molecule has 4 nitrogen and oxygen atoms in total. The molecule has 0 atom stereocenters. The summed E-state index contributed by atoms with van der Waals surface area (Å²) < 4.78 is 0. The van der Waals surface area contributed by atoms with Gasteiger partial charge in [-0.2, -0.15) is 0 Å².